The van der Waals surface area contributed by atoms with Crippen molar-refractivity contribution in [3.8, 4) is 0 Å². The second-order valence-electron chi connectivity index (χ2n) is 6.17. The molecule has 0 aromatic heterocycles. The van der Waals surface area contributed by atoms with E-state index in [1.54, 1.807) is 19.1 Å². The molecule has 2 heterocycles. The fourth-order valence-electron chi connectivity index (χ4n) is 3.50. The first-order valence-corrected chi connectivity index (χ1v) is 8.50. The molecule has 2 fully saturated rings. The number of rotatable bonds is 3. The molecule has 0 N–H and O–H groups in total. The highest BCUT2D eigenvalue weighted by atomic mass is 32.2. The number of halogens is 1. The van der Waals surface area contributed by atoms with Crippen molar-refractivity contribution in [1.82, 2.24) is 0 Å². The average molecular weight is 292 g/mol. The van der Waals surface area contributed by atoms with Gasteiger partial charge in [-0.2, -0.15) is 11.8 Å². The van der Waals surface area contributed by atoms with Crippen LogP contribution in [-0.2, 0) is 11.2 Å². The number of hydrogen-bond donors (Lipinski definition) is 0. The van der Waals surface area contributed by atoms with Gasteiger partial charge in [0, 0.05) is 22.8 Å². The van der Waals surface area contributed by atoms with Gasteiger partial charge in [-0.3, -0.25) is 4.79 Å². The number of ketones is 1. The van der Waals surface area contributed by atoms with Crippen LogP contribution in [0.25, 0.3) is 0 Å². The lowest BCUT2D eigenvalue weighted by Gasteiger charge is -2.38. The van der Waals surface area contributed by atoms with Gasteiger partial charge in [0.2, 0.25) is 0 Å². The van der Waals surface area contributed by atoms with Crippen molar-refractivity contribution >= 4 is 17.5 Å². The molecule has 0 spiro atoms. The zero-order valence-corrected chi connectivity index (χ0v) is 12.7. The van der Waals surface area contributed by atoms with E-state index in [2.05, 4.69) is 11.8 Å². The Hall–Kier alpha value is -0.830. The standard InChI is InChI=1S/C17H21FOS/c1-11-4-2-5-12(17(11)18)10-16(19)13-8-14-6-3-7-15(9-13)20-14/h2,4-5,13-15H,3,6-10H2,1H3. The molecule has 2 aliphatic rings. The molecular formula is C17H21FOS. The summed E-state index contributed by atoms with van der Waals surface area (Å²) in [6.07, 6.45) is 6.10. The average Bonchev–Trinajstić information content (AvgIpc) is 2.43. The van der Waals surface area contributed by atoms with Gasteiger partial charge in [-0.1, -0.05) is 24.6 Å². The summed E-state index contributed by atoms with van der Waals surface area (Å²) in [5, 5.41) is 1.33. The molecule has 2 unspecified atom stereocenters. The van der Waals surface area contributed by atoms with E-state index in [0.717, 1.165) is 12.8 Å². The minimum Gasteiger partial charge on any atom is -0.299 e. The summed E-state index contributed by atoms with van der Waals surface area (Å²) < 4.78 is 14.0. The molecule has 20 heavy (non-hydrogen) atoms. The van der Waals surface area contributed by atoms with E-state index in [4.69, 9.17) is 0 Å². The topological polar surface area (TPSA) is 17.1 Å². The highest BCUT2D eigenvalue weighted by molar-refractivity contribution is 8.00. The largest absolute Gasteiger partial charge is 0.299 e. The van der Waals surface area contributed by atoms with E-state index < -0.39 is 0 Å². The third-order valence-electron chi connectivity index (χ3n) is 4.62. The molecule has 0 radical (unpaired) electrons. The Kier molecular flexibility index (Phi) is 4.16. The molecule has 0 aliphatic carbocycles. The fraction of sp³-hybridized carbons (Fsp3) is 0.588. The van der Waals surface area contributed by atoms with Gasteiger partial charge in [-0.25, -0.2) is 4.39 Å². The number of fused-ring (bicyclic) bond motifs is 2. The predicted molar refractivity (Wildman–Crippen MR) is 81.6 cm³/mol. The van der Waals surface area contributed by atoms with Crippen LogP contribution >= 0.6 is 11.8 Å². The molecule has 2 atom stereocenters. The molecule has 0 amide bonds. The Bertz CT molecular complexity index is 502. The van der Waals surface area contributed by atoms with Gasteiger partial charge in [-0.05, 0) is 43.7 Å². The Morgan fingerprint density at radius 1 is 1.30 bits per heavy atom. The van der Waals surface area contributed by atoms with E-state index in [0.29, 0.717) is 21.6 Å². The lowest BCUT2D eigenvalue weighted by molar-refractivity contribution is -0.122. The molecule has 1 aromatic rings. The van der Waals surface area contributed by atoms with Gasteiger partial charge < -0.3 is 0 Å². The maximum atomic E-state index is 14.0. The summed E-state index contributed by atoms with van der Waals surface area (Å²) in [5.41, 5.74) is 1.20. The molecule has 3 heteroatoms. The zero-order valence-electron chi connectivity index (χ0n) is 11.9. The van der Waals surface area contributed by atoms with Gasteiger partial charge in [0.1, 0.15) is 11.6 Å². The number of benzene rings is 1. The predicted octanol–water partition coefficient (Wildman–Crippen LogP) is 4.31. The summed E-state index contributed by atoms with van der Waals surface area (Å²) in [5.74, 6) is 0.199. The summed E-state index contributed by atoms with van der Waals surface area (Å²) >= 11 is 2.08. The normalized spacial score (nSPS) is 29.2. The number of hydrogen-bond acceptors (Lipinski definition) is 2. The number of carbonyl (C=O) groups is 1. The van der Waals surface area contributed by atoms with Gasteiger partial charge in [0.15, 0.2) is 0 Å². The summed E-state index contributed by atoms with van der Waals surface area (Å²) in [6.45, 7) is 1.75. The lowest BCUT2D eigenvalue weighted by atomic mass is 9.84. The molecule has 108 valence electrons. The number of thioether (sulfide) groups is 1. The molecule has 0 saturated carbocycles. The SMILES string of the molecule is Cc1cccc(CC(=O)C2CC3CCCC(C2)S3)c1F. The van der Waals surface area contributed by atoms with Crippen molar-refractivity contribution in [3.05, 3.63) is 35.1 Å². The van der Waals surface area contributed by atoms with E-state index in [1.165, 1.54) is 19.3 Å². The van der Waals surface area contributed by atoms with Crippen LogP contribution in [0.2, 0.25) is 0 Å². The van der Waals surface area contributed by atoms with E-state index in [9.17, 15) is 9.18 Å². The minimum absolute atomic E-state index is 0.159. The maximum Gasteiger partial charge on any atom is 0.140 e. The van der Waals surface area contributed by atoms with Crippen LogP contribution in [-0.4, -0.2) is 16.3 Å². The molecular weight excluding hydrogens is 271 g/mol. The molecule has 1 aromatic carbocycles. The summed E-state index contributed by atoms with van der Waals surface area (Å²) in [4.78, 5) is 12.5. The highest BCUT2D eigenvalue weighted by Gasteiger charge is 2.35. The number of Topliss-reactive ketones (excluding diaryl/α,β-unsaturated/α-hetero) is 1. The zero-order chi connectivity index (χ0) is 14.1. The first-order chi connectivity index (χ1) is 9.63. The van der Waals surface area contributed by atoms with Crippen molar-refractivity contribution in [2.75, 3.05) is 0 Å². The third-order valence-corrected chi connectivity index (χ3v) is 6.25. The van der Waals surface area contributed by atoms with Crippen molar-refractivity contribution in [2.24, 2.45) is 5.92 Å². The smallest absolute Gasteiger partial charge is 0.140 e. The van der Waals surface area contributed by atoms with Crippen LogP contribution in [0, 0.1) is 18.7 Å². The van der Waals surface area contributed by atoms with Gasteiger partial charge >= 0.3 is 0 Å². The van der Waals surface area contributed by atoms with Crippen LogP contribution in [0.5, 0.6) is 0 Å². The van der Waals surface area contributed by atoms with E-state index in [1.807, 2.05) is 6.07 Å². The molecule has 2 bridgehead atoms. The van der Waals surface area contributed by atoms with Crippen molar-refractivity contribution in [2.45, 2.75) is 55.9 Å². The number of aryl methyl sites for hydroxylation is 1. The summed E-state index contributed by atoms with van der Waals surface area (Å²) in [7, 11) is 0. The van der Waals surface area contributed by atoms with Crippen LogP contribution in [0.1, 0.15) is 43.2 Å². The van der Waals surface area contributed by atoms with Crippen LogP contribution < -0.4 is 0 Å². The monoisotopic (exact) mass is 292 g/mol. The molecule has 2 saturated heterocycles. The second-order valence-corrected chi connectivity index (χ2v) is 7.78. The second kappa shape index (κ2) is 5.88. The van der Waals surface area contributed by atoms with Crippen LogP contribution in [0.4, 0.5) is 4.39 Å². The maximum absolute atomic E-state index is 14.0. The third kappa shape index (κ3) is 2.93. The van der Waals surface area contributed by atoms with Gasteiger partial charge in [0.05, 0.1) is 0 Å². The lowest BCUT2D eigenvalue weighted by Crippen LogP contribution is -2.33. The van der Waals surface area contributed by atoms with Crippen LogP contribution in [0.15, 0.2) is 18.2 Å². The quantitative estimate of drug-likeness (QED) is 0.825. The number of carbonyl (C=O) groups excluding carboxylic acids is 1. The van der Waals surface area contributed by atoms with Crippen molar-refractivity contribution in [1.29, 1.82) is 0 Å². The molecule has 2 aliphatic heterocycles. The first kappa shape index (κ1) is 14.1. The Labute approximate surface area is 124 Å². The van der Waals surface area contributed by atoms with Gasteiger partial charge in [-0.15, -0.1) is 0 Å². The molecule has 1 nitrogen and oxygen atoms in total. The minimum atomic E-state index is -0.203. The van der Waals surface area contributed by atoms with Crippen molar-refractivity contribution in [3.63, 3.8) is 0 Å². The van der Waals surface area contributed by atoms with Crippen LogP contribution in [0.3, 0.4) is 0 Å². The first-order valence-electron chi connectivity index (χ1n) is 7.55. The van der Waals surface area contributed by atoms with Gasteiger partial charge in [0.25, 0.3) is 0 Å². The van der Waals surface area contributed by atoms with E-state index >= 15 is 0 Å². The summed E-state index contributed by atoms with van der Waals surface area (Å²) in [6, 6.07) is 5.34. The Balaban J connectivity index is 1.68. The molecule has 3 rings (SSSR count). The van der Waals surface area contributed by atoms with Crippen molar-refractivity contribution < 1.29 is 9.18 Å². The van der Waals surface area contributed by atoms with E-state index in [-0.39, 0.29) is 23.9 Å². The Morgan fingerprint density at radius 3 is 2.70 bits per heavy atom. The Morgan fingerprint density at radius 2 is 2.00 bits per heavy atom. The fourth-order valence-corrected chi connectivity index (χ4v) is 5.34. The highest BCUT2D eigenvalue weighted by Crippen LogP contribution is 2.44.